The maximum atomic E-state index is 11.3. The molecule has 0 unspecified atom stereocenters. The number of hydrogen-bond acceptors (Lipinski definition) is 1. The van der Waals surface area contributed by atoms with Gasteiger partial charge < -0.3 is 0 Å². The van der Waals surface area contributed by atoms with Gasteiger partial charge in [-0.25, -0.2) is 0 Å². The largest absolute Gasteiger partial charge is 0.294 e. The SMILES string of the molecule is CCc1ccc2c(c1)C(=O)CC2. The summed E-state index contributed by atoms with van der Waals surface area (Å²) in [5.74, 6) is 0.320. The molecule has 1 aliphatic carbocycles. The lowest BCUT2D eigenvalue weighted by Gasteiger charge is -2.00. The van der Waals surface area contributed by atoms with Crippen LogP contribution in [0.15, 0.2) is 18.2 Å². The zero-order chi connectivity index (χ0) is 8.55. The molecule has 0 N–H and O–H groups in total. The van der Waals surface area contributed by atoms with Gasteiger partial charge in [-0.2, -0.15) is 0 Å². The Morgan fingerprint density at radius 2 is 2.17 bits per heavy atom. The summed E-state index contributed by atoms with van der Waals surface area (Å²) in [6.45, 7) is 2.11. The summed E-state index contributed by atoms with van der Waals surface area (Å²) in [6, 6.07) is 6.27. The molecule has 62 valence electrons. The minimum absolute atomic E-state index is 0.320. The molecule has 1 aromatic carbocycles. The van der Waals surface area contributed by atoms with E-state index in [9.17, 15) is 4.79 Å². The highest BCUT2D eigenvalue weighted by Gasteiger charge is 2.18. The molecule has 0 amide bonds. The second-order valence-electron chi connectivity index (χ2n) is 3.27. The average molecular weight is 160 g/mol. The van der Waals surface area contributed by atoms with Crippen molar-refractivity contribution in [2.24, 2.45) is 0 Å². The third-order valence-electron chi connectivity index (χ3n) is 2.50. The normalized spacial score (nSPS) is 14.9. The van der Waals surface area contributed by atoms with E-state index in [0.29, 0.717) is 12.2 Å². The van der Waals surface area contributed by atoms with Crippen molar-refractivity contribution < 1.29 is 4.79 Å². The van der Waals surface area contributed by atoms with Crippen molar-refractivity contribution in [3.05, 3.63) is 34.9 Å². The number of benzene rings is 1. The van der Waals surface area contributed by atoms with Gasteiger partial charge in [0.05, 0.1) is 0 Å². The molecule has 1 heteroatoms. The second kappa shape index (κ2) is 2.74. The van der Waals surface area contributed by atoms with Gasteiger partial charge in [-0.15, -0.1) is 0 Å². The van der Waals surface area contributed by atoms with Crippen LogP contribution in [-0.2, 0) is 12.8 Å². The molecule has 0 aliphatic heterocycles. The molecule has 0 fully saturated rings. The lowest BCUT2D eigenvalue weighted by molar-refractivity contribution is 0.0994. The van der Waals surface area contributed by atoms with Crippen molar-refractivity contribution in [3.63, 3.8) is 0 Å². The minimum atomic E-state index is 0.320. The van der Waals surface area contributed by atoms with Crippen LogP contribution in [0.25, 0.3) is 0 Å². The Morgan fingerprint density at radius 1 is 1.33 bits per heavy atom. The van der Waals surface area contributed by atoms with E-state index in [0.717, 1.165) is 18.4 Å². The van der Waals surface area contributed by atoms with Gasteiger partial charge in [0, 0.05) is 12.0 Å². The number of rotatable bonds is 1. The molecular weight excluding hydrogens is 148 g/mol. The van der Waals surface area contributed by atoms with E-state index in [1.54, 1.807) is 0 Å². The van der Waals surface area contributed by atoms with Gasteiger partial charge in [0.2, 0.25) is 0 Å². The molecule has 1 nitrogen and oxygen atoms in total. The summed E-state index contributed by atoms with van der Waals surface area (Å²) >= 11 is 0. The van der Waals surface area contributed by atoms with Crippen LogP contribution in [-0.4, -0.2) is 5.78 Å². The maximum absolute atomic E-state index is 11.3. The van der Waals surface area contributed by atoms with Crippen molar-refractivity contribution in [2.45, 2.75) is 26.2 Å². The fraction of sp³-hybridized carbons (Fsp3) is 0.364. The summed E-state index contributed by atoms with van der Waals surface area (Å²) in [4.78, 5) is 11.3. The van der Waals surface area contributed by atoms with Crippen LogP contribution in [0.2, 0.25) is 0 Å². The van der Waals surface area contributed by atoms with Crippen LogP contribution in [0.1, 0.15) is 34.8 Å². The highest BCUT2D eigenvalue weighted by atomic mass is 16.1. The molecule has 1 aliphatic rings. The number of Topliss-reactive ketones (excluding diaryl/α,β-unsaturated/α-hetero) is 1. The average Bonchev–Trinajstić information content (AvgIpc) is 2.47. The molecule has 0 radical (unpaired) electrons. The van der Waals surface area contributed by atoms with Crippen molar-refractivity contribution >= 4 is 5.78 Å². The Kier molecular flexibility index (Phi) is 1.72. The highest BCUT2D eigenvalue weighted by molar-refractivity contribution is 6.00. The monoisotopic (exact) mass is 160 g/mol. The molecule has 0 bridgehead atoms. The van der Waals surface area contributed by atoms with Crippen LogP contribution in [0.3, 0.4) is 0 Å². The fourth-order valence-corrected chi connectivity index (χ4v) is 1.70. The minimum Gasteiger partial charge on any atom is -0.294 e. The fourth-order valence-electron chi connectivity index (χ4n) is 1.70. The van der Waals surface area contributed by atoms with E-state index in [4.69, 9.17) is 0 Å². The van der Waals surface area contributed by atoms with Gasteiger partial charge in [0.25, 0.3) is 0 Å². The molecule has 0 atom stereocenters. The first-order chi connectivity index (χ1) is 5.81. The van der Waals surface area contributed by atoms with E-state index < -0.39 is 0 Å². The quantitative estimate of drug-likeness (QED) is 0.616. The first kappa shape index (κ1) is 7.53. The van der Waals surface area contributed by atoms with Crippen LogP contribution in [0, 0.1) is 0 Å². The smallest absolute Gasteiger partial charge is 0.163 e. The molecular formula is C11H12O. The highest BCUT2D eigenvalue weighted by Crippen LogP contribution is 2.22. The molecule has 0 heterocycles. The van der Waals surface area contributed by atoms with Crippen molar-refractivity contribution in [1.29, 1.82) is 0 Å². The zero-order valence-corrected chi connectivity index (χ0v) is 7.26. The Bertz CT molecular complexity index is 326. The number of ketones is 1. The topological polar surface area (TPSA) is 17.1 Å². The van der Waals surface area contributed by atoms with Crippen LogP contribution in [0.5, 0.6) is 0 Å². The molecule has 0 spiro atoms. The third-order valence-corrected chi connectivity index (χ3v) is 2.50. The van der Waals surface area contributed by atoms with E-state index in [1.807, 2.05) is 6.07 Å². The standard InChI is InChI=1S/C11H12O/c1-2-8-3-4-9-5-6-11(12)10(9)7-8/h3-4,7H,2,5-6H2,1H3. The second-order valence-corrected chi connectivity index (χ2v) is 3.27. The van der Waals surface area contributed by atoms with Gasteiger partial charge in [0.1, 0.15) is 0 Å². The molecule has 2 rings (SSSR count). The van der Waals surface area contributed by atoms with Crippen LogP contribution >= 0.6 is 0 Å². The van der Waals surface area contributed by atoms with Crippen LogP contribution < -0.4 is 0 Å². The molecule has 0 saturated carbocycles. The van der Waals surface area contributed by atoms with Crippen LogP contribution in [0.4, 0.5) is 0 Å². The van der Waals surface area contributed by atoms with E-state index in [-0.39, 0.29) is 0 Å². The summed E-state index contributed by atoms with van der Waals surface area (Å²) < 4.78 is 0. The maximum Gasteiger partial charge on any atom is 0.163 e. The Labute approximate surface area is 72.4 Å². The first-order valence-electron chi connectivity index (χ1n) is 4.46. The predicted octanol–water partition coefficient (Wildman–Crippen LogP) is 2.38. The molecule has 1 aromatic rings. The van der Waals surface area contributed by atoms with Gasteiger partial charge >= 0.3 is 0 Å². The van der Waals surface area contributed by atoms with E-state index in [2.05, 4.69) is 19.1 Å². The van der Waals surface area contributed by atoms with Gasteiger partial charge in [0.15, 0.2) is 5.78 Å². The number of hydrogen-bond donors (Lipinski definition) is 0. The lowest BCUT2D eigenvalue weighted by Crippen LogP contribution is -1.92. The van der Waals surface area contributed by atoms with E-state index >= 15 is 0 Å². The first-order valence-corrected chi connectivity index (χ1v) is 4.46. The summed E-state index contributed by atoms with van der Waals surface area (Å²) in [6.07, 6.45) is 2.67. The van der Waals surface area contributed by atoms with Crippen molar-refractivity contribution in [2.75, 3.05) is 0 Å². The third kappa shape index (κ3) is 1.06. The lowest BCUT2D eigenvalue weighted by atomic mass is 10.0. The zero-order valence-electron chi connectivity index (χ0n) is 7.26. The van der Waals surface area contributed by atoms with Gasteiger partial charge in [-0.05, 0) is 30.0 Å². The van der Waals surface area contributed by atoms with Crippen molar-refractivity contribution in [3.8, 4) is 0 Å². The van der Waals surface area contributed by atoms with E-state index in [1.165, 1.54) is 11.1 Å². The number of fused-ring (bicyclic) bond motifs is 1. The number of carbonyl (C=O) groups is 1. The Morgan fingerprint density at radius 3 is 2.92 bits per heavy atom. The summed E-state index contributed by atoms with van der Waals surface area (Å²) in [5, 5.41) is 0. The number of aryl methyl sites for hydroxylation is 2. The number of carbonyl (C=O) groups excluding carboxylic acids is 1. The molecule has 0 aromatic heterocycles. The van der Waals surface area contributed by atoms with Crippen molar-refractivity contribution in [1.82, 2.24) is 0 Å². The van der Waals surface area contributed by atoms with Gasteiger partial charge in [-0.1, -0.05) is 19.1 Å². The Hall–Kier alpha value is -1.11. The predicted molar refractivity (Wildman–Crippen MR) is 48.5 cm³/mol. The molecule has 0 saturated heterocycles. The van der Waals surface area contributed by atoms with Gasteiger partial charge in [-0.3, -0.25) is 4.79 Å². The summed E-state index contributed by atoms with van der Waals surface area (Å²) in [5.41, 5.74) is 3.47. The summed E-state index contributed by atoms with van der Waals surface area (Å²) in [7, 11) is 0. The Balaban J connectivity index is 2.50. The molecule has 12 heavy (non-hydrogen) atoms.